The van der Waals surface area contributed by atoms with Gasteiger partial charge in [0.2, 0.25) is 0 Å². The van der Waals surface area contributed by atoms with Crippen molar-refractivity contribution < 1.29 is 9.47 Å². The van der Waals surface area contributed by atoms with Gasteiger partial charge in [0.15, 0.2) is 5.96 Å². The van der Waals surface area contributed by atoms with Crippen LogP contribution in [0.5, 0.6) is 11.5 Å². The summed E-state index contributed by atoms with van der Waals surface area (Å²) in [4.78, 5) is 4.80. The van der Waals surface area contributed by atoms with E-state index >= 15 is 0 Å². The first-order chi connectivity index (χ1) is 12.6. The number of hydrogen-bond acceptors (Lipinski definition) is 4. The Bertz CT molecular complexity index is 656. The van der Waals surface area contributed by atoms with Crippen LogP contribution in [0.25, 0.3) is 0 Å². The summed E-state index contributed by atoms with van der Waals surface area (Å²) in [5.41, 5.74) is 2.28. The van der Waals surface area contributed by atoms with Crippen LogP contribution in [0, 0.1) is 0 Å². The monoisotopic (exact) mass is 505 g/mol. The molecular weight excluding hydrogens is 473 g/mol. The summed E-state index contributed by atoms with van der Waals surface area (Å²) in [6.45, 7) is 5.62. The number of ether oxygens (including phenoxy) is 2. The molecule has 152 valence electrons. The number of nitrogens with one attached hydrogen (secondary N) is 2. The Labute approximate surface area is 184 Å². The molecule has 1 saturated carbocycles. The fourth-order valence-corrected chi connectivity index (χ4v) is 4.55. The number of aliphatic imine (C=N–C) groups is 1. The number of benzene rings is 1. The first-order valence-electron chi connectivity index (χ1n) is 9.57. The van der Waals surface area contributed by atoms with Gasteiger partial charge < -0.3 is 20.1 Å². The van der Waals surface area contributed by atoms with E-state index in [2.05, 4.69) is 42.9 Å². The molecule has 1 heterocycles. The van der Waals surface area contributed by atoms with Crippen LogP contribution >= 0.6 is 35.7 Å². The lowest BCUT2D eigenvalue weighted by Crippen LogP contribution is -2.42. The third kappa shape index (κ3) is 5.82. The molecule has 0 spiro atoms. The Balaban J connectivity index is 0.00000261. The summed E-state index contributed by atoms with van der Waals surface area (Å²) in [7, 11) is 1.72. The van der Waals surface area contributed by atoms with Crippen molar-refractivity contribution in [3.8, 4) is 11.5 Å². The van der Waals surface area contributed by atoms with E-state index in [4.69, 9.17) is 14.5 Å². The van der Waals surface area contributed by atoms with E-state index in [9.17, 15) is 0 Å². The molecule has 3 atom stereocenters. The second-order valence-electron chi connectivity index (χ2n) is 7.11. The lowest BCUT2D eigenvalue weighted by atomic mass is 10.1. The lowest BCUT2D eigenvalue weighted by molar-refractivity contribution is 0.254. The first-order valence-corrected chi connectivity index (χ1v) is 10.9. The molecule has 7 heteroatoms. The van der Waals surface area contributed by atoms with Gasteiger partial charge in [0.05, 0.1) is 13.7 Å². The van der Waals surface area contributed by atoms with Crippen molar-refractivity contribution in [2.75, 3.05) is 19.9 Å². The molecule has 0 saturated heterocycles. The SMILES string of the molecule is CCNC(=NCc1cc2c(cc1OC)CC(C)O2)NC1CCC(SC)C1.I. The van der Waals surface area contributed by atoms with Gasteiger partial charge in [0, 0.05) is 35.4 Å². The topological polar surface area (TPSA) is 54.9 Å². The number of nitrogens with zero attached hydrogens (tertiary/aromatic N) is 1. The fourth-order valence-electron chi connectivity index (χ4n) is 3.76. The van der Waals surface area contributed by atoms with Crippen molar-refractivity contribution >= 4 is 41.7 Å². The Hall–Kier alpha value is -0.830. The largest absolute Gasteiger partial charge is 0.496 e. The number of thioether (sulfide) groups is 1. The van der Waals surface area contributed by atoms with Gasteiger partial charge in [-0.15, -0.1) is 24.0 Å². The van der Waals surface area contributed by atoms with Crippen LogP contribution in [-0.4, -0.2) is 43.3 Å². The quantitative estimate of drug-likeness (QED) is 0.348. The van der Waals surface area contributed by atoms with Crippen molar-refractivity contribution in [2.24, 2.45) is 4.99 Å². The highest BCUT2D eigenvalue weighted by molar-refractivity contribution is 14.0. The van der Waals surface area contributed by atoms with Crippen LogP contribution in [0.2, 0.25) is 0 Å². The molecule has 1 aromatic rings. The molecule has 0 aromatic heterocycles. The predicted molar refractivity (Wildman–Crippen MR) is 125 cm³/mol. The number of rotatable bonds is 6. The Morgan fingerprint density at radius 2 is 2.19 bits per heavy atom. The van der Waals surface area contributed by atoms with E-state index in [-0.39, 0.29) is 30.1 Å². The number of hydrogen-bond donors (Lipinski definition) is 2. The van der Waals surface area contributed by atoms with Gasteiger partial charge in [0.25, 0.3) is 0 Å². The first kappa shape index (κ1) is 22.5. The van der Waals surface area contributed by atoms with Gasteiger partial charge in [-0.1, -0.05) is 0 Å². The maximum absolute atomic E-state index is 5.90. The molecule has 1 fully saturated rings. The van der Waals surface area contributed by atoms with E-state index in [0.717, 1.165) is 41.2 Å². The standard InChI is InChI=1S/C20H31N3O2S.HI/c1-5-21-20(23-16-6-7-17(11-16)26-4)22-12-15-10-19-14(8-13(2)25-19)9-18(15)24-3;/h9-10,13,16-17H,5-8,11-12H2,1-4H3,(H2,21,22,23);1H. The molecule has 3 unspecified atom stereocenters. The normalized spacial score (nSPS) is 24.0. The molecule has 0 amide bonds. The summed E-state index contributed by atoms with van der Waals surface area (Å²) in [5.74, 6) is 2.75. The number of methoxy groups -OCH3 is 1. The molecule has 27 heavy (non-hydrogen) atoms. The van der Waals surface area contributed by atoms with Gasteiger partial charge in [-0.25, -0.2) is 4.99 Å². The molecule has 1 aliphatic heterocycles. The second-order valence-corrected chi connectivity index (χ2v) is 8.25. The minimum Gasteiger partial charge on any atom is -0.496 e. The third-order valence-electron chi connectivity index (χ3n) is 5.11. The van der Waals surface area contributed by atoms with Crippen molar-refractivity contribution in [1.29, 1.82) is 0 Å². The molecule has 0 radical (unpaired) electrons. The molecular formula is C20H32IN3O2S. The highest BCUT2D eigenvalue weighted by atomic mass is 127. The molecule has 1 aromatic carbocycles. The number of halogens is 1. The maximum Gasteiger partial charge on any atom is 0.191 e. The zero-order valence-corrected chi connectivity index (χ0v) is 19.9. The summed E-state index contributed by atoms with van der Waals surface area (Å²) < 4.78 is 11.5. The molecule has 2 N–H and O–H groups in total. The molecule has 0 bridgehead atoms. The van der Waals surface area contributed by atoms with Crippen molar-refractivity contribution in [3.05, 3.63) is 23.3 Å². The molecule has 5 nitrogen and oxygen atoms in total. The van der Waals surface area contributed by atoms with E-state index in [0.29, 0.717) is 12.6 Å². The van der Waals surface area contributed by atoms with Gasteiger partial charge >= 0.3 is 0 Å². The fraction of sp³-hybridized carbons (Fsp3) is 0.650. The third-order valence-corrected chi connectivity index (χ3v) is 6.20. The van der Waals surface area contributed by atoms with E-state index < -0.39 is 0 Å². The summed E-state index contributed by atoms with van der Waals surface area (Å²) in [6.07, 6.45) is 7.09. The van der Waals surface area contributed by atoms with Crippen molar-refractivity contribution in [1.82, 2.24) is 10.6 Å². The molecule has 3 rings (SSSR count). The van der Waals surface area contributed by atoms with Crippen molar-refractivity contribution in [3.63, 3.8) is 0 Å². The van der Waals surface area contributed by atoms with Crippen molar-refractivity contribution in [2.45, 2.75) is 63.5 Å². The van der Waals surface area contributed by atoms with Gasteiger partial charge in [-0.05, 0) is 51.5 Å². The van der Waals surface area contributed by atoms with Gasteiger partial charge in [0.1, 0.15) is 17.6 Å². The van der Waals surface area contributed by atoms with Crippen LogP contribution in [0.1, 0.15) is 44.2 Å². The van der Waals surface area contributed by atoms with Crippen LogP contribution in [-0.2, 0) is 13.0 Å². The average molecular weight is 505 g/mol. The predicted octanol–water partition coefficient (Wildman–Crippen LogP) is 3.98. The van der Waals surface area contributed by atoms with Gasteiger partial charge in [-0.3, -0.25) is 0 Å². The Morgan fingerprint density at radius 1 is 1.37 bits per heavy atom. The zero-order valence-electron chi connectivity index (χ0n) is 16.7. The lowest BCUT2D eigenvalue weighted by Gasteiger charge is -2.17. The van der Waals surface area contributed by atoms with Gasteiger partial charge in [-0.2, -0.15) is 11.8 Å². The van der Waals surface area contributed by atoms with E-state index in [1.54, 1.807) is 7.11 Å². The van der Waals surface area contributed by atoms with Crippen LogP contribution in [0.3, 0.4) is 0 Å². The minimum absolute atomic E-state index is 0. The summed E-state index contributed by atoms with van der Waals surface area (Å²) in [6, 6.07) is 4.70. The van der Waals surface area contributed by atoms with E-state index in [1.807, 2.05) is 11.8 Å². The van der Waals surface area contributed by atoms with Crippen LogP contribution in [0.4, 0.5) is 0 Å². The Morgan fingerprint density at radius 3 is 2.85 bits per heavy atom. The highest BCUT2D eigenvalue weighted by Crippen LogP contribution is 2.35. The number of fused-ring (bicyclic) bond motifs is 1. The molecule has 2 aliphatic rings. The second kappa shape index (κ2) is 10.6. The smallest absolute Gasteiger partial charge is 0.191 e. The van der Waals surface area contributed by atoms with Crippen LogP contribution < -0.4 is 20.1 Å². The highest BCUT2D eigenvalue weighted by Gasteiger charge is 2.25. The maximum atomic E-state index is 5.90. The average Bonchev–Trinajstić information content (AvgIpc) is 3.23. The summed E-state index contributed by atoms with van der Waals surface area (Å²) >= 11 is 1.97. The molecule has 1 aliphatic carbocycles. The summed E-state index contributed by atoms with van der Waals surface area (Å²) in [5, 5.41) is 7.74. The minimum atomic E-state index is 0. The van der Waals surface area contributed by atoms with Crippen LogP contribution in [0.15, 0.2) is 17.1 Å². The van der Waals surface area contributed by atoms with E-state index in [1.165, 1.54) is 24.8 Å². The number of guanidine groups is 1. The zero-order chi connectivity index (χ0) is 18.5. The Kier molecular flexibility index (Phi) is 8.85.